The average Bonchev–Trinajstić information content (AvgIpc) is 2.54. The summed E-state index contributed by atoms with van der Waals surface area (Å²) in [5.74, 6) is -4.32. The lowest BCUT2D eigenvalue weighted by atomic mass is 10.0. The fourth-order valence-corrected chi connectivity index (χ4v) is 3.09. The van der Waals surface area contributed by atoms with E-state index in [2.05, 4.69) is 29.7 Å². The Hall–Kier alpha value is -2.17. The second kappa shape index (κ2) is 10.0. The van der Waals surface area contributed by atoms with Crippen LogP contribution in [0.15, 0.2) is 12.1 Å². The Morgan fingerprint density at radius 3 is 2.14 bits per heavy atom. The standard InChI is InChI=1S/C18H24F5NO4Si/c1-27-16(25)14(24-17(26)28-7-8-29(2,3)4)6-5-11-9-12(19)15(13(20)10-11)18(21,22)23/h9-10,14H,5-8H2,1-4H3,(H,24,26). The number of aryl methyl sites for hydroxylation is 1. The van der Waals surface area contributed by atoms with E-state index in [1.165, 1.54) is 0 Å². The van der Waals surface area contributed by atoms with Crippen molar-refractivity contribution < 1.29 is 41.0 Å². The van der Waals surface area contributed by atoms with Gasteiger partial charge in [0.05, 0.1) is 13.7 Å². The molecule has 5 nitrogen and oxygen atoms in total. The van der Waals surface area contributed by atoms with Gasteiger partial charge in [-0.15, -0.1) is 0 Å². The number of hydrogen-bond donors (Lipinski definition) is 1. The molecular weight excluding hydrogens is 417 g/mol. The third-order valence-electron chi connectivity index (χ3n) is 3.97. The smallest absolute Gasteiger partial charge is 0.422 e. The van der Waals surface area contributed by atoms with Crippen LogP contribution < -0.4 is 5.32 Å². The summed E-state index contributed by atoms with van der Waals surface area (Å²) < 4.78 is 74.8. The molecular formula is C18H24F5NO4Si. The molecule has 1 aromatic rings. The van der Waals surface area contributed by atoms with Gasteiger partial charge in [-0.1, -0.05) is 19.6 Å². The van der Waals surface area contributed by atoms with E-state index in [4.69, 9.17) is 4.74 Å². The molecule has 1 aromatic carbocycles. The topological polar surface area (TPSA) is 64.6 Å². The van der Waals surface area contributed by atoms with Crippen molar-refractivity contribution in [2.45, 2.75) is 50.7 Å². The number of ether oxygens (including phenoxy) is 2. The van der Waals surface area contributed by atoms with E-state index in [9.17, 15) is 31.5 Å². The minimum Gasteiger partial charge on any atom is -0.467 e. The molecule has 0 saturated heterocycles. The number of carbonyl (C=O) groups excluding carboxylic acids is 2. The van der Waals surface area contributed by atoms with Crippen LogP contribution in [0.25, 0.3) is 0 Å². The molecule has 1 N–H and O–H groups in total. The van der Waals surface area contributed by atoms with Gasteiger partial charge in [-0.3, -0.25) is 0 Å². The number of amides is 1. The van der Waals surface area contributed by atoms with Crippen molar-refractivity contribution in [2.24, 2.45) is 0 Å². The summed E-state index contributed by atoms with van der Waals surface area (Å²) >= 11 is 0. The van der Waals surface area contributed by atoms with Gasteiger partial charge in [0, 0.05) is 8.07 Å². The number of methoxy groups -OCH3 is 1. The number of alkyl halides is 3. The normalized spacial score (nSPS) is 13.0. The first kappa shape index (κ1) is 24.9. The summed E-state index contributed by atoms with van der Waals surface area (Å²) in [5.41, 5.74) is -2.08. The zero-order valence-electron chi connectivity index (χ0n) is 16.6. The summed E-state index contributed by atoms with van der Waals surface area (Å²) in [5, 5.41) is 2.30. The molecule has 0 aliphatic heterocycles. The van der Waals surface area contributed by atoms with Crippen molar-refractivity contribution in [2.75, 3.05) is 13.7 Å². The Bertz CT molecular complexity index is 711. The number of halogens is 5. The maximum absolute atomic E-state index is 13.7. The van der Waals surface area contributed by atoms with Gasteiger partial charge in [-0.25, -0.2) is 18.4 Å². The van der Waals surface area contributed by atoms with E-state index < -0.39 is 49.6 Å². The highest BCUT2D eigenvalue weighted by atomic mass is 28.3. The van der Waals surface area contributed by atoms with Crippen molar-refractivity contribution in [3.8, 4) is 0 Å². The lowest BCUT2D eigenvalue weighted by molar-refractivity contribution is -0.143. The number of esters is 1. The molecule has 0 saturated carbocycles. The largest absolute Gasteiger partial charge is 0.467 e. The minimum atomic E-state index is -5.16. The molecule has 0 aliphatic rings. The van der Waals surface area contributed by atoms with Gasteiger partial charge >= 0.3 is 18.2 Å². The number of rotatable bonds is 8. The summed E-state index contributed by atoms with van der Waals surface area (Å²) in [6, 6.07) is 0.625. The van der Waals surface area contributed by atoms with Crippen molar-refractivity contribution in [3.63, 3.8) is 0 Å². The zero-order chi connectivity index (χ0) is 22.4. The second-order valence-electron chi connectivity index (χ2n) is 7.64. The van der Waals surface area contributed by atoms with Gasteiger partial charge in [0.1, 0.15) is 23.2 Å². The predicted octanol–water partition coefficient (Wildman–Crippen LogP) is 4.52. The number of hydrogen-bond acceptors (Lipinski definition) is 4. The maximum Gasteiger partial charge on any atom is 0.422 e. The van der Waals surface area contributed by atoms with Gasteiger partial charge in [-0.05, 0) is 36.6 Å². The van der Waals surface area contributed by atoms with Crippen LogP contribution in [0.5, 0.6) is 0 Å². The first-order valence-electron chi connectivity index (χ1n) is 8.81. The quantitative estimate of drug-likeness (QED) is 0.366. The van der Waals surface area contributed by atoms with Crippen molar-refractivity contribution in [1.82, 2.24) is 5.32 Å². The first-order valence-corrected chi connectivity index (χ1v) is 12.5. The van der Waals surface area contributed by atoms with Crippen LogP contribution in [0.1, 0.15) is 17.5 Å². The molecule has 1 unspecified atom stereocenters. The highest BCUT2D eigenvalue weighted by Crippen LogP contribution is 2.34. The van der Waals surface area contributed by atoms with Crippen LogP contribution in [-0.4, -0.2) is 39.9 Å². The molecule has 164 valence electrons. The Morgan fingerprint density at radius 1 is 1.14 bits per heavy atom. The van der Waals surface area contributed by atoms with Crippen molar-refractivity contribution in [1.29, 1.82) is 0 Å². The first-order chi connectivity index (χ1) is 13.2. The molecule has 1 atom stereocenters. The van der Waals surface area contributed by atoms with Crippen molar-refractivity contribution in [3.05, 3.63) is 34.9 Å². The van der Waals surface area contributed by atoms with Gasteiger partial charge in [-0.2, -0.15) is 13.2 Å². The molecule has 0 aliphatic carbocycles. The van der Waals surface area contributed by atoms with Crippen molar-refractivity contribution >= 4 is 20.1 Å². The lowest BCUT2D eigenvalue weighted by Crippen LogP contribution is -2.42. The third kappa shape index (κ3) is 8.38. The van der Waals surface area contributed by atoms with Gasteiger partial charge in [0.15, 0.2) is 0 Å². The van der Waals surface area contributed by atoms with Crippen LogP contribution in [-0.2, 0) is 26.9 Å². The molecule has 1 rings (SSSR count). The highest BCUT2D eigenvalue weighted by Gasteiger charge is 2.38. The zero-order valence-corrected chi connectivity index (χ0v) is 17.6. The number of alkyl carbamates (subject to hydrolysis) is 1. The highest BCUT2D eigenvalue weighted by molar-refractivity contribution is 6.76. The number of benzene rings is 1. The third-order valence-corrected chi connectivity index (χ3v) is 5.67. The molecule has 29 heavy (non-hydrogen) atoms. The fraction of sp³-hybridized carbons (Fsp3) is 0.556. The fourth-order valence-electron chi connectivity index (χ4n) is 2.38. The number of nitrogens with one attached hydrogen (secondary N) is 1. The number of carbonyl (C=O) groups is 2. The van der Waals surface area contributed by atoms with Crippen LogP contribution in [0.2, 0.25) is 25.7 Å². The summed E-state index contributed by atoms with van der Waals surface area (Å²) in [6.45, 7) is 6.44. The van der Waals surface area contributed by atoms with E-state index in [0.29, 0.717) is 18.2 Å². The molecule has 0 radical (unpaired) electrons. The maximum atomic E-state index is 13.7. The van der Waals surface area contributed by atoms with E-state index in [1.807, 2.05) is 0 Å². The van der Waals surface area contributed by atoms with E-state index >= 15 is 0 Å². The molecule has 0 bridgehead atoms. The molecule has 0 spiro atoms. The van der Waals surface area contributed by atoms with Crippen LogP contribution >= 0.6 is 0 Å². The van der Waals surface area contributed by atoms with E-state index in [0.717, 1.165) is 7.11 Å². The minimum absolute atomic E-state index is 0.101. The van der Waals surface area contributed by atoms with Gasteiger partial charge < -0.3 is 14.8 Å². The van der Waals surface area contributed by atoms with Gasteiger partial charge in [0.25, 0.3) is 0 Å². The van der Waals surface area contributed by atoms with Crippen LogP contribution in [0, 0.1) is 11.6 Å². The van der Waals surface area contributed by atoms with Crippen LogP contribution in [0.3, 0.4) is 0 Å². The predicted molar refractivity (Wildman–Crippen MR) is 98.1 cm³/mol. The summed E-state index contributed by atoms with van der Waals surface area (Å²) in [4.78, 5) is 23.7. The molecule has 11 heteroatoms. The Labute approximate surface area is 166 Å². The summed E-state index contributed by atoms with van der Waals surface area (Å²) in [7, 11) is -0.340. The molecule has 0 fully saturated rings. The average molecular weight is 441 g/mol. The lowest BCUT2D eigenvalue weighted by Gasteiger charge is -2.19. The SMILES string of the molecule is COC(=O)C(CCc1cc(F)c(C(F)(F)F)c(F)c1)NC(=O)OCC[Si](C)(C)C. The van der Waals surface area contributed by atoms with E-state index in [1.54, 1.807) is 0 Å². The molecule has 0 heterocycles. The Morgan fingerprint density at radius 2 is 1.69 bits per heavy atom. The monoisotopic (exact) mass is 441 g/mol. The van der Waals surface area contributed by atoms with Crippen LogP contribution in [0.4, 0.5) is 26.7 Å². The Balaban J connectivity index is 2.78. The second-order valence-corrected chi connectivity index (χ2v) is 13.3. The summed E-state index contributed by atoms with van der Waals surface area (Å²) in [6.07, 6.45) is -6.35. The molecule has 0 aromatic heterocycles. The van der Waals surface area contributed by atoms with Gasteiger partial charge in [0.2, 0.25) is 0 Å². The Kier molecular flexibility index (Phi) is 8.60. The van der Waals surface area contributed by atoms with E-state index in [-0.39, 0.29) is 25.0 Å². The molecule has 1 amide bonds.